The van der Waals surface area contributed by atoms with Crippen LogP contribution >= 0.6 is 12.2 Å². The number of nitrogens with two attached hydrogens (primary N) is 1. The van der Waals surface area contributed by atoms with E-state index in [0.29, 0.717) is 12.8 Å². The van der Waals surface area contributed by atoms with Crippen LogP contribution in [-0.2, 0) is 9.53 Å². The molecule has 0 aromatic rings. The fraction of sp³-hybridized carbons (Fsp3) is 0.800. The average Bonchev–Trinajstić information content (AvgIpc) is 2.65. The number of hydrogen-bond acceptors (Lipinski definition) is 3. The number of hydrogen-bond donors (Lipinski definition) is 2. The van der Waals surface area contributed by atoms with Gasteiger partial charge in [-0.05, 0) is 12.8 Å². The molecule has 1 rings (SSSR count). The van der Waals surface area contributed by atoms with Gasteiger partial charge in [-0.15, -0.1) is 0 Å². The third kappa shape index (κ3) is 4.41. The highest BCUT2D eigenvalue weighted by Crippen LogP contribution is 2.29. The summed E-state index contributed by atoms with van der Waals surface area (Å²) in [5.74, 6) is -0.631. The van der Waals surface area contributed by atoms with Crippen LogP contribution < -0.4 is 11.1 Å². The minimum atomic E-state index is -4.44. The molecule has 1 aliphatic carbocycles. The Bertz CT molecular complexity index is 328. The van der Waals surface area contributed by atoms with Gasteiger partial charge in [0.05, 0.1) is 10.5 Å². The van der Waals surface area contributed by atoms with Crippen molar-refractivity contribution in [2.24, 2.45) is 5.73 Å². The summed E-state index contributed by atoms with van der Waals surface area (Å²) in [5.41, 5.74) is 4.82. The van der Waals surface area contributed by atoms with E-state index in [-0.39, 0.29) is 4.99 Å². The van der Waals surface area contributed by atoms with E-state index < -0.39 is 30.8 Å². The minimum absolute atomic E-state index is 0.171. The fourth-order valence-electron chi connectivity index (χ4n) is 1.97. The molecule has 0 bridgehead atoms. The van der Waals surface area contributed by atoms with E-state index in [0.717, 1.165) is 12.8 Å². The molecule has 1 saturated carbocycles. The molecule has 18 heavy (non-hydrogen) atoms. The number of amides is 1. The highest BCUT2D eigenvalue weighted by atomic mass is 32.1. The molecule has 0 radical (unpaired) electrons. The van der Waals surface area contributed by atoms with Crippen LogP contribution in [0.4, 0.5) is 13.2 Å². The highest BCUT2D eigenvalue weighted by Gasteiger charge is 2.38. The van der Waals surface area contributed by atoms with Crippen LogP contribution in [0.5, 0.6) is 0 Å². The van der Waals surface area contributed by atoms with E-state index in [1.54, 1.807) is 0 Å². The van der Waals surface area contributed by atoms with Crippen molar-refractivity contribution in [3.8, 4) is 0 Å². The first-order chi connectivity index (χ1) is 8.25. The number of halogens is 3. The van der Waals surface area contributed by atoms with Crippen molar-refractivity contribution in [2.45, 2.75) is 37.4 Å². The van der Waals surface area contributed by atoms with Crippen molar-refractivity contribution >= 4 is 23.1 Å². The van der Waals surface area contributed by atoms with Gasteiger partial charge in [-0.3, -0.25) is 4.79 Å². The Hall–Kier alpha value is -0.890. The molecule has 4 nitrogen and oxygen atoms in total. The van der Waals surface area contributed by atoms with Crippen molar-refractivity contribution in [1.29, 1.82) is 0 Å². The van der Waals surface area contributed by atoms with Gasteiger partial charge in [0.1, 0.15) is 13.2 Å². The molecule has 0 atom stereocenters. The van der Waals surface area contributed by atoms with Crippen LogP contribution in [-0.4, -0.2) is 35.8 Å². The molecular weight excluding hydrogens is 269 g/mol. The Morgan fingerprint density at radius 3 is 2.39 bits per heavy atom. The zero-order valence-electron chi connectivity index (χ0n) is 9.68. The average molecular weight is 284 g/mol. The minimum Gasteiger partial charge on any atom is -0.391 e. The number of thiocarbonyl (C=S) groups is 1. The summed E-state index contributed by atoms with van der Waals surface area (Å²) in [5, 5.41) is 2.58. The van der Waals surface area contributed by atoms with Crippen molar-refractivity contribution in [3.63, 3.8) is 0 Å². The number of nitrogens with one attached hydrogen (secondary N) is 1. The topological polar surface area (TPSA) is 64.3 Å². The lowest BCUT2D eigenvalue weighted by molar-refractivity contribution is -0.175. The van der Waals surface area contributed by atoms with E-state index in [1.165, 1.54) is 0 Å². The number of rotatable bonds is 5. The zero-order valence-corrected chi connectivity index (χ0v) is 10.5. The van der Waals surface area contributed by atoms with Crippen molar-refractivity contribution in [1.82, 2.24) is 5.32 Å². The summed E-state index contributed by atoms with van der Waals surface area (Å²) < 4.78 is 39.7. The maximum atomic E-state index is 11.8. The van der Waals surface area contributed by atoms with Gasteiger partial charge in [-0.1, -0.05) is 25.1 Å². The SMILES string of the molecule is NC(=S)C1(NC(=O)COCC(F)(F)F)CCCC1. The Labute approximate surface area is 108 Å². The quantitative estimate of drug-likeness (QED) is 0.747. The Kier molecular flexibility index (Phi) is 4.92. The van der Waals surface area contributed by atoms with Gasteiger partial charge < -0.3 is 15.8 Å². The van der Waals surface area contributed by atoms with Crippen molar-refractivity contribution < 1.29 is 22.7 Å². The van der Waals surface area contributed by atoms with Crippen molar-refractivity contribution in [3.05, 3.63) is 0 Å². The van der Waals surface area contributed by atoms with Gasteiger partial charge in [0.15, 0.2) is 0 Å². The number of carbonyl (C=O) groups excluding carboxylic acids is 1. The first-order valence-corrected chi connectivity index (χ1v) is 5.91. The van der Waals surface area contributed by atoms with Gasteiger partial charge >= 0.3 is 6.18 Å². The normalized spacial score (nSPS) is 18.6. The van der Waals surface area contributed by atoms with Crippen molar-refractivity contribution in [2.75, 3.05) is 13.2 Å². The first kappa shape index (κ1) is 15.2. The Balaban J connectivity index is 2.41. The fourth-order valence-corrected chi connectivity index (χ4v) is 2.23. The maximum absolute atomic E-state index is 11.8. The summed E-state index contributed by atoms with van der Waals surface area (Å²) >= 11 is 4.90. The molecule has 0 saturated heterocycles. The number of ether oxygens (including phenoxy) is 1. The van der Waals surface area contributed by atoms with Crippen LogP contribution in [0.1, 0.15) is 25.7 Å². The Morgan fingerprint density at radius 2 is 1.94 bits per heavy atom. The summed E-state index contributed by atoms with van der Waals surface area (Å²) in [7, 11) is 0. The lowest BCUT2D eigenvalue weighted by atomic mass is 9.97. The third-order valence-corrected chi connectivity index (χ3v) is 3.20. The van der Waals surface area contributed by atoms with Gasteiger partial charge in [0.25, 0.3) is 0 Å². The molecule has 0 heterocycles. The molecule has 1 fully saturated rings. The molecule has 0 unspecified atom stereocenters. The summed E-state index contributed by atoms with van der Waals surface area (Å²) in [4.78, 5) is 11.6. The lowest BCUT2D eigenvalue weighted by Crippen LogP contribution is -2.55. The van der Waals surface area contributed by atoms with Gasteiger partial charge in [0, 0.05) is 0 Å². The summed E-state index contributed by atoms with van der Waals surface area (Å²) in [6.07, 6.45) is -1.45. The smallest absolute Gasteiger partial charge is 0.391 e. The van der Waals surface area contributed by atoms with E-state index in [9.17, 15) is 18.0 Å². The third-order valence-electron chi connectivity index (χ3n) is 2.81. The van der Waals surface area contributed by atoms with Gasteiger partial charge in [-0.25, -0.2) is 0 Å². The van der Waals surface area contributed by atoms with Crippen LogP contribution in [0.3, 0.4) is 0 Å². The second-order valence-electron chi connectivity index (χ2n) is 4.31. The van der Waals surface area contributed by atoms with E-state index in [4.69, 9.17) is 18.0 Å². The zero-order chi connectivity index (χ0) is 13.8. The van der Waals surface area contributed by atoms with Crippen LogP contribution in [0.2, 0.25) is 0 Å². The summed E-state index contributed by atoms with van der Waals surface area (Å²) in [6, 6.07) is 0. The lowest BCUT2D eigenvalue weighted by Gasteiger charge is -2.29. The molecule has 0 aromatic carbocycles. The van der Waals surface area contributed by atoms with Gasteiger partial charge in [-0.2, -0.15) is 13.2 Å². The second kappa shape index (κ2) is 5.83. The highest BCUT2D eigenvalue weighted by molar-refractivity contribution is 7.80. The predicted octanol–water partition coefficient (Wildman–Crippen LogP) is 1.28. The molecule has 0 aromatic heterocycles. The molecule has 3 N–H and O–H groups in total. The number of carbonyl (C=O) groups is 1. The standard InChI is InChI=1S/C10H15F3N2O2S/c11-10(12,13)6-17-5-7(16)15-9(8(14)18)3-1-2-4-9/h1-6H2,(H2,14,18)(H,15,16). The van der Waals surface area contributed by atoms with Crippen LogP contribution in [0.15, 0.2) is 0 Å². The molecule has 1 amide bonds. The maximum Gasteiger partial charge on any atom is 0.411 e. The van der Waals surface area contributed by atoms with Crippen LogP contribution in [0, 0.1) is 0 Å². The monoisotopic (exact) mass is 284 g/mol. The molecular formula is C10H15F3N2O2S. The van der Waals surface area contributed by atoms with E-state index in [2.05, 4.69) is 10.1 Å². The van der Waals surface area contributed by atoms with Gasteiger partial charge in [0.2, 0.25) is 5.91 Å². The molecule has 8 heteroatoms. The molecule has 104 valence electrons. The largest absolute Gasteiger partial charge is 0.411 e. The molecule has 1 aliphatic rings. The summed E-state index contributed by atoms with van der Waals surface area (Å²) in [6.45, 7) is -2.09. The number of alkyl halides is 3. The van der Waals surface area contributed by atoms with E-state index >= 15 is 0 Å². The first-order valence-electron chi connectivity index (χ1n) is 5.51. The molecule has 0 aliphatic heterocycles. The second-order valence-corrected chi connectivity index (χ2v) is 4.75. The Morgan fingerprint density at radius 1 is 1.39 bits per heavy atom. The van der Waals surface area contributed by atoms with Crippen LogP contribution in [0.25, 0.3) is 0 Å². The van der Waals surface area contributed by atoms with E-state index in [1.807, 2.05) is 0 Å². The molecule has 0 spiro atoms. The predicted molar refractivity (Wildman–Crippen MR) is 63.0 cm³/mol.